The van der Waals surface area contributed by atoms with Crippen molar-refractivity contribution >= 4 is 61.7 Å². The van der Waals surface area contributed by atoms with Gasteiger partial charge in [0.2, 0.25) is 0 Å². The minimum absolute atomic E-state index is 0.0386. The number of amides is 2. The number of phenols is 1. The van der Waals surface area contributed by atoms with E-state index in [1.54, 1.807) is 48.5 Å². The van der Waals surface area contributed by atoms with E-state index in [0.717, 1.165) is 11.3 Å². The summed E-state index contributed by atoms with van der Waals surface area (Å²) in [7, 11) is 3.87. The lowest BCUT2D eigenvalue weighted by Crippen LogP contribution is -2.32. The highest BCUT2D eigenvalue weighted by Crippen LogP contribution is 2.32. The zero-order chi connectivity index (χ0) is 24.7. The molecular weight excluding hydrogens is 564 g/mol. The van der Waals surface area contributed by atoms with Gasteiger partial charge in [-0.1, -0.05) is 30.3 Å². The monoisotopic (exact) mass is 584 g/mol. The molecule has 3 N–H and O–H groups in total. The van der Waals surface area contributed by atoms with Crippen molar-refractivity contribution in [2.45, 2.75) is 0 Å². The molecule has 0 unspecified atom stereocenters. The number of hydrogen-bond donors (Lipinski definition) is 3. The summed E-state index contributed by atoms with van der Waals surface area (Å²) in [6.07, 6.45) is 3.01. The van der Waals surface area contributed by atoms with Crippen LogP contribution in [-0.4, -0.2) is 37.2 Å². The van der Waals surface area contributed by atoms with E-state index in [1.807, 2.05) is 43.3 Å². The third-order valence-electron chi connectivity index (χ3n) is 4.67. The summed E-state index contributed by atoms with van der Waals surface area (Å²) in [5, 5.41) is 16.5. The van der Waals surface area contributed by atoms with E-state index in [9.17, 15) is 14.7 Å². The van der Waals surface area contributed by atoms with Gasteiger partial charge in [-0.2, -0.15) is 5.10 Å². The molecule has 34 heavy (non-hydrogen) atoms. The summed E-state index contributed by atoms with van der Waals surface area (Å²) >= 11 is 6.51. The van der Waals surface area contributed by atoms with Crippen molar-refractivity contribution in [3.8, 4) is 5.75 Å². The molecule has 0 aliphatic carbocycles. The Hall–Kier alpha value is -3.43. The average Bonchev–Trinajstić information content (AvgIpc) is 2.82. The molecule has 0 saturated carbocycles. The Labute approximate surface area is 214 Å². The highest BCUT2D eigenvalue weighted by Gasteiger charge is 2.14. The highest BCUT2D eigenvalue weighted by atomic mass is 79.9. The molecule has 0 aromatic heterocycles. The van der Waals surface area contributed by atoms with Crippen molar-refractivity contribution in [3.05, 3.63) is 98.1 Å². The summed E-state index contributed by atoms with van der Waals surface area (Å²) < 4.78 is 0.957. The van der Waals surface area contributed by atoms with Gasteiger partial charge in [-0.05, 0) is 85.5 Å². The van der Waals surface area contributed by atoms with Gasteiger partial charge in [0.25, 0.3) is 11.8 Å². The Bertz CT molecular complexity index is 1220. The molecule has 3 aromatic carbocycles. The number of aromatic hydroxyl groups is 1. The predicted molar refractivity (Wildman–Crippen MR) is 142 cm³/mol. The largest absolute Gasteiger partial charge is 0.506 e. The standard InChI is InChI=1S/C25H22Br2N4O3/c1-31(2)19-10-8-16(9-11-19)14-22(29-24(33)18-6-4-3-5-7-18)25(34)30-28-15-17-12-20(26)23(32)21(27)13-17/h3-15,32H,1-2H3,(H,29,33)(H,30,34)/b22-14-,28-15+. The molecule has 0 fully saturated rings. The molecule has 0 aliphatic rings. The number of benzene rings is 3. The second-order valence-corrected chi connectivity index (χ2v) is 9.11. The van der Waals surface area contributed by atoms with Crippen molar-refractivity contribution in [3.63, 3.8) is 0 Å². The second-order valence-electron chi connectivity index (χ2n) is 7.40. The zero-order valence-corrected chi connectivity index (χ0v) is 21.6. The van der Waals surface area contributed by atoms with E-state index in [2.05, 4.69) is 47.7 Å². The third kappa shape index (κ3) is 6.79. The maximum atomic E-state index is 12.9. The lowest BCUT2D eigenvalue weighted by molar-refractivity contribution is -0.117. The van der Waals surface area contributed by atoms with Crippen molar-refractivity contribution in [2.24, 2.45) is 5.10 Å². The summed E-state index contributed by atoms with van der Waals surface area (Å²) in [5.74, 6) is -0.938. The van der Waals surface area contributed by atoms with Crippen LogP contribution in [-0.2, 0) is 4.79 Å². The molecule has 7 nitrogen and oxygen atoms in total. The van der Waals surface area contributed by atoms with Crippen LogP contribution in [0.25, 0.3) is 6.08 Å². The summed E-state index contributed by atoms with van der Waals surface area (Å²) in [6.45, 7) is 0. The molecule has 0 atom stereocenters. The number of nitrogens with one attached hydrogen (secondary N) is 2. The Balaban J connectivity index is 1.83. The minimum Gasteiger partial charge on any atom is -0.506 e. The van der Waals surface area contributed by atoms with Crippen molar-refractivity contribution in [1.29, 1.82) is 0 Å². The number of carbonyl (C=O) groups excluding carboxylic acids is 2. The van der Waals surface area contributed by atoms with Gasteiger partial charge >= 0.3 is 0 Å². The van der Waals surface area contributed by atoms with Gasteiger partial charge < -0.3 is 15.3 Å². The number of hydrogen-bond acceptors (Lipinski definition) is 5. The molecule has 3 aromatic rings. The first kappa shape index (κ1) is 25.2. The van der Waals surface area contributed by atoms with Gasteiger partial charge in [0, 0.05) is 25.3 Å². The van der Waals surface area contributed by atoms with Crippen LogP contribution >= 0.6 is 31.9 Å². The van der Waals surface area contributed by atoms with Crippen LogP contribution < -0.4 is 15.6 Å². The lowest BCUT2D eigenvalue weighted by atomic mass is 10.1. The average molecular weight is 586 g/mol. The maximum absolute atomic E-state index is 12.9. The van der Waals surface area contributed by atoms with Crippen molar-refractivity contribution in [2.75, 3.05) is 19.0 Å². The van der Waals surface area contributed by atoms with E-state index >= 15 is 0 Å². The van der Waals surface area contributed by atoms with Crippen LogP contribution in [0.1, 0.15) is 21.5 Å². The fourth-order valence-corrected chi connectivity index (χ4v) is 4.08. The Morgan fingerprint density at radius 1 is 0.941 bits per heavy atom. The fourth-order valence-electron chi connectivity index (χ4n) is 2.86. The number of halogens is 2. The summed E-state index contributed by atoms with van der Waals surface area (Å²) in [5.41, 5.74) is 5.28. The van der Waals surface area contributed by atoms with E-state index in [-0.39, 0.29) is 11.4 Å². The first-order valence-corrected chi connectivity index (χ1v) is 11.7. The van der Waals surface area contributed by atoms with Gasteiger partial charge in [-0.25, -0.2) is 5.43 Å². The minimum atomic E-state index is -0.589. The SMILES string of the molecule is CN(C)c1ccc(/C=C(\NC(=O)c2ccccc2)C(=O)N/N=C/c2cc(Br)c(O)c(Br)c2)cc1. The molecular formula is C25H22Br2N4O3. The van der Waals surface area contributed by atoms with E-state index in [4.69, 9.17) is 0 Å². The van der Waals surface area contributed by atoms with Gasteiger partial charge in [-0.3, -0.25) is 9.59 Å². The van der Waals surface area contributed by atoms with Crippen LogP contribution in [0.5, 0.6) is 5.75 Å². The van der Waals surface area contributed by atoms with Crippen LogP contribution in [0.4, 0.5) is 5.69 Å². The smallest absolute Gasteiger partial charge is 0.287 e. The van der Waals surface area contributed by atoms with Crippen molar-refractivity contribution < 1.29 is 14.7 Å². The van der Waals surface area contributed by atoms with Crippen molar-refractivity contribution in [1.82, 2.24) is 10.7 Å². The first-order valence-electron chi connectivity index (χ1n) is 10.1. The maximum Gasteiger partial charge on any atom is 0.287 e. The highest BCUT2D eigenvalue weighted by molar-refractivity contribution is 9.11. The molecule has 0 aliphatic heterocycles. The lowest BCUT2D eigenvalue weighted by Gasteiger charge is -2.12. The van der Waals surface area contributed by atoms with Gasteiger partial charge in [-0.15, -0.1) is 0 Å². The number of rotatable bonds is 7. The van der Waals surface area contributed by atoms with Gasteiger partial charge in [0.05, 0.1) is 15.2 Å². The van der Waals surface area contributed by atoms with Crippen LogP contribution in [0.2, 0.25) is 0 Å². The zero-order valence-electron chi connectivity index (χ0n) is 18.4. The number of anilines is 1. The molecule has 174 valence electrons. The molecule has 2 amide bonds. The topological polar surface area (TPSA) is 94.0 Å². The number of carbonyl (C=O) groups is 2. The van der Waals surface area contributed by atoms with E-state index in [0.29, 0.717) is 20.1 Å². The Morgan fingerprint density at radius 2 is 1.56 bits per heavy atom. The molecule has 0 radical (unpaired) electrons. The fraction of sp³-hybridized carbons (Fsp3) is 0.0800. The van der Waals surface area contributed by atoms with E-state index in [1.165, 1.54) is 6.21 Å². The van der Waals surface area contributed by atoms with Gasteiger partial charge in [0.1, 0.15) is 11.4 Å². The number of phenolic OH excluding ortho intramolecular Hbond substituents is 1. The predicted octanol–water partition coefficient (Wildman–Crippen LogP) is 4.90. The molecule has 0 saturated heterocycles. The van der Waals surface area contributed by atoms with Crippen LogP contribution in [0.15, 0.2) is 86.5 Å². The van der Waals surface area contributed by atoms with Crippen LogP contribution in [0.3, 0.4) is 0 Å². The molecule has 0 bridgehead atoms. The molecule has 9 heteroatoms. The van der Waals surface area contributed by atoms with Gasteiger partial charge in [0.15, 0.2) is 0 Å². The Kier molecular flexibility index (Phi) is 8.61. The number of nitrogens with zero attached hydrogens (tertiary/aromatic N) is 2. The van der Waals surface area contributed by atoms with E-state index < -0.39 is 11.8 Å². The quantitative estimate of drug-likeness (QED) is 0.209. The summed E-state index contributed by atoms with van der Waals surface area (Å²) in [6, 6.07) is 19.5. The number of hydrazone groups is 1. The molecule has 0 heterocycles. The first-order chi connectivity index (χ1) is 16.2. The Morgan fingerprint density at radius 3 is 2.15 bits per heavy atom. The third-order valence-corrected chi connectivity index (χ3v) is 5.88. The van der Waals surface area contributed by atoms with Crippen LogP contribution in [0, 0.1) is 0 Å². The molecule has 3 rings (SSSR count). The second kappa shape index (κ2) is 11.6. The molecule has 0 spiro atoms. The normalized spacial score (nSPS) is 11.4. The summed E-state index contributed by atoms with van der Waals surface area (Å²) in [4.78, 5) is 27.5.